The molecule has 0 aliphatic rings. The number of benzene rings is 2. The quantitative estimate of drug-likeness (QED) is 0.176. The molecule has 3 rings (SSSR count). The largest absolute Gasteiger partial charge is 0.399 e. The van der Waals surface area contributed by atoms with E-state index in [1.165, 1.54) is 33.5 Å². The first-order valence-electron chi connectivity index (χ1n) is 15.5. The van der Waals surface area contributed by atoms with E-state index < -0.39 is 46.2 Å². The number of rotatable bonds is 15. The van der Waals surface area contributed by atoms with Crippen LogP contribution in [0.2, 0.25) is 0 Å². The van der Waals surface area contributed by atoms with Crippen LogP contribution in [0.3, 0.4) is 0 Å². The molecule has 1 heterocycles. The molecule has 252 valence electrons. The number of nitrogens with one attached hydrogen (secondary N) is 2. The third kappa shape index (κ3) is 9.99. The maximum absolute atomic E-state index is 13.7. The van der Waals surface area contributed by atoms with Gasteiger partial charge in [-0.15, -0.1) is 11.3 Å². The molecule has 0 fully saturated rings. The van der Waals surface area contributed by atoms with Gasteiger partial charge in [-0.3, -0.25) is 4.79 Å². The van der Waals surface area contributed by atoms with E-state index in [1.54, 1.807) is 32.2 Å². The van der Waals surface area contributed by atoms with Gasteiger partial charge in [0.25, 0.3) is 0 Å². The lowest BCUT2D eigenvalue weighted by atomic mass is 9.98. The molecule has 0 saturated carbocycles. The second kappa shape index (κ2) is 16.3. The third-order valence-corrected chi connectivity index (χ3v) is 10.8. The molecule has 0 aliphatic carbocycles. The van der Waals surface area contributed by atoms with E-state index in [2.05, 4.69) is 29.5 Å². The van der Waals surface area contributed by atoms with E-state index in [-0.39, 0.29) is 36.2 Å². The van der Waals surface area contributed by atoms with Crippen LogP contribution in [0.5, 0.6) is 0 Å². The minimum absolute atomic E-state index is 0.0519. The van der Waals surface area contributed by atoms with Crippen molar-refractivity contribution in [3.05, 3.63) is 76.2 Å². The van der Waals surface area contributed by atoms with Crippen molar-refractivity contribution in [2.75, 3.05) is 19.3 Å². The number of hydrogen-bond donors (Lipinski definition) is 4. The van der Waals surface area contributed by atoms with Gasteiger partial charge in [-0.2, -0.15) is 4.31 Å². The Hall–Kier alpha value is -3.52. The monoisotopic (exact) mass is 672 g/mol. The number of nitrogens with two attached hydrogens (primary N) is 1. The highest BCUT2D eigenvalue weighted by atomic mass is 32.2. The van der Waals surface area contributed by atoms with Crippen LogP contribution in [0, 0.1) is 5.92 Å². The van der Waals surface area contributed by atoms with E-state index in [0.717, 1.165) is 16.3 Å². The fourth-order valence-corrected chi connectivity index (χ4v) is 7.33. The van der Waals surface area contributed by atoms with Crippen LogP contribution in [0.1, 0.15) is 63.7 Å². The highest BCUT2D eigenvalue weighted by Crippen LogP contribution is 2.22. The Labute approximate surface area is 277 Å². The number of amides is 3. The molecule has 0 bridgehead atoms. The van der Waals surface area contributed by atoms with Crippen LogP contribution in [0.25, 0.3) is 0 Å². The summed E-state index contributed by atoms with van der Waals surface area (Å²) in [6.07, 6.45) is -1.04. The van der Waals surface area contributed by atoms with Crippen molar-refractivity contribution in [1.29, 1.82) is 0 Å². The van der Waals surface area contributed by atoms with Gasteiger partial charge in [0, 0.05) is 36.6 Å². The summed E-state index contributed by atoms with van der Waals surface area (Å²) < 4.78 is 28.4. The summed E-state index contributed by atoms with van der Waals surface area (Å²) in [5.41, 5.74) is 7.81. The molecule has 46 heavy (non-hydrogen) atoms. The number of aromatic nitrogens is 1. The summed E-state index contributed by atoms with van der Waals surface area (Å²) in [6, 6.07) is 12.5. The van der Waals surface area contributed by atoms with E-state index in [0.29, 0.717) is 5.69 Å². The van der Waals surface area contributed by atoms with Crippen LogP contribution in [-0.4, -0.2) is 77.5 Å². The summed E-state index contributed by atoms with van der Waals surface area (Å²) in [4.78, 5) is 33.0. The number of hydrogen-bond acceptors (Lipinski definition) is 8. The average Bonchev–Trinajstić information content (AvgIpc) is 3.47. The van der Waals surface area contributed by atoms with Crippen molar-refractivity contribution >= 4 is 39.0 Å². The van der Waals surface area contributed by atoms with Crippen molar-refractivity contribution in [3.63, 3.8) is 0 Å². The lowest BCUT2D eigenvalue weighted by Crippen LogP contribution is -2.58. The summed E-state index contributed by atoms with van der Waals surface area (Å²) >= 11 is 1.55. The van der Waals surface area contributed by atoms with Gasteiger partial charge in [0.05, 0.1) is 34.3 Å². The number of carbonyl (C=O) groups is 2. The van der Waals surface area contributed by atoms with Crippen molar-refractivity contribution in [1.82, 2.24) is 24.8 Å². The first-order chi connectivity index (χ1) is 21.6. The fraction of sp³-hybridized carbons (Fsp3) is 0.485. The van der Waals surface area contributed by atoms with E-state index >= 15 is 0 Å². The van der Waals surface area contributed by atoms with Gasteiger partial charge in [0.1, 0.15) is 6.04 Å². The summed E-state index contributed by atoms with van der Waals surface area (Å²) in [7, 11) is -2.35. The number of nitrogen functional groups attached to an aromatic ring is 1. The Kier molecular flexibility index (Phi) is 13.1. The second-order valence-electron chi connectivity index (χ2n) is 12.5. The second-order valence-corrected chi connectivity index (χ2v) is 15.2. The van der Waals surface area contributed by atoms with Crippen LogP contribution >= 0.6 is 11.3 Å². The minimum Gasteiger partial charge on any atom is -0.399 e. The molecule has 0 radical (unpaired) electrons. The van der Waals surface area contributed by atoms with Crippen LogP contribution < -0.4 is 16.4 Å². The molecular weight excluding hydrogens is 625 g/mol. The van der Waals surface area contributed by atoms with Crippen molar-refractivity contribution < 1.29 is 23.1 Å². The zero-order valence-corrected chi connectivity index (χ0v) is 29.3. The average molecular weight is 673 g/mol. The smallest absolute Gasteiger partial charge is 0.318 e. The lowest BCUT2D eigenvalue weighted by Gasteiger charge is -2.33. The topological polar surface area (TPSA) is 158 Å². The van der Waals surface area contributed by atoms with Crippen molar-refractivity contribution in [2.24, 2.45) is 5.92 Å². The molecule has 0 aliphatic heterocycles. The van der Waals surface area contributed by atoms with Gasteiger partial charge in [-0.05, 0) is 56.0 Å². The van der Waals surface area contributed by atoms with E-state index in [4.69, 9.17) is 5.73 Å². The van der Waals surface area contributed by atoms with Gasteiger partial charge in [0.15, 0.2) is 0 Å². The lowest BCUT2D eigenvalue weighted by molar-refractivity contribution is -0.125. The molecule has 0 unspecified atom stereocenters. The molecular formula is C33H48N6O5S2. The van der Waals surface area contributed by atoms with Crippen molar-refractivity contribution in [2.45, 2.75) is 89.6 Å². The number of carbonyl (C=O) groups excluding carboxylic acids is 2. The predicted octanol–water partition coefficient (Wildman–Crippen LogP) is 4.20. The number of sulfonamides is 1. The number of thiazole rings is 1. The Morgan fingerprint density at radius 2 is 1.61 bits per heavy atom. The number of urea groups is 1. The molecule has 13 heteroatoms. The first kappa shape index (κ1) is 36.9. The van der Waals surface area contributed by atoms with Gasteiger partial charge < -0.3 is 26.4 Å². The summed E-state index contributed by atoms with van der Waals surface area (Å²) in [6.45, 7) is 11.2. The Morgan fingerprint density at radius 1 is 0.978 bits per heavy atom. The zero-order chi connectivity index (χ0) is 34.2. The normalized spacial score (nSPS) is 14.0. The molecule has 3 atom stereocenters. The van der Waals surface area contributed by atoms with Gasteiger partial charge >= 0.3 is 6.03 Å². The minimum atomic E-state index is -3.99. The number of anilines is 1. The van der Waals surface area contributed by atoms with E-state index in [9.17, 15) is 23.1 Å². The molecule has 0 saturated heterocycles. The van der Waals surface area contributed by atoms with Crippen LogP contribution in [0.15, 0.2) is 64.9 Å². The SMILES string of the molecule is CC(C)c1nc(CN(C)C(=O)N[C@H](C(=O)N[C@@H](Cc2ccccc2)[C@@H](O)CN(C(C)C)S(=O)(=O)c2ccc(N)cc2)C(C)C)cs1. The summed E-state index contributed by atoms with van der Waals surface area (Å²) in [5, 5.41) is 20.2. The highest BCUT2D eigenvalue weighted by Gasteiger charge is 2.34. The fourth-order valence-electron chi connectivity index (χ4n) is 4.85. The number of nitrogens with zero attached hydrogens (tertiary/aromatic N) is 3. The van der Waals surface area contributed by atoms with Crippen LogP contribution in [0.4, 0.5) is 10.5 Å². The molecule has 3 amide bonds. The van der Waals surface area contributed by atoms with E-state index in [1.807, 2.05) is 49.6 Å². The molecule has 2 aromatic carbocycles. The first-order valence-corrected chi connectivity index (χ1v) is 17.8. The van der Waals surface area contributed by atoms with Crippen LogP contribution in [-0.2, 0) is 27.8 Å². The predicted molar refractivity (Wildman–Crippen MR) is 183 cm³/mol. The molecule has 1 aromatic heterocycles. The number of aliphatic hydroxyl groups is 1. The maximum atomic E-state index is 13.7. The van der Waals surface area contributed by atoms with Gasteiger partial charge in [-0.25, -0.2) is 18.2 Å². The Bertz CT molecular complexity index is 1530. The molecule has 0 spiro atoms. The molecule has 5 N–H and O–H groups in total. The van der Waals surface area contributed by atoms with Crippen molar-refractivity contribution in [3.8, 4) is 0 Å². The van der Waals surface area contributed by atoms with Gasteiger partial charge in [-0.1, -0.05) is 58.0 Å². The molecule has 3 aromatic rings. The Morgan fingerprint density at radius 3 is 2.15 bits per heavy atom. The third-order valence-electron chi connectivity index (χ3n) is 7.56. The Balaban J connectivity index is 1.80. The zero-order valence-electron chi connectivity index (χ0n) is 27.7. The van der Waals surface area contributed by atoms with Gasteiger partial charge in [0.2, 0.25) is 15.9 Å². The maximum Gasteiger partial charge on any atom is 0.318 e. The number of aliphatic hydroxyl groups excluding tert-OH is 1. The highest BCUT2D eigenvalue weighted by molar-refractivity contribution is 7.89. The molecule has 11 nitrogen and oxygen atoms in total. The summed E-state index contributed by atoms with van der Waals surface area (Å²) in [5.74, 6) is -0.474. The standard InChI is InChI=1S/C33H48N6O5S2/c1-21(2)30(37-33(42)38(7)18-26-20-45-32(35-26)22(3)4)31(41)36-28(17-24-11-9-8-10-12-24)29(40)19-39(23(5)6)46(43,44)27-15-13-25(34)14-16-27/h8-16,20-23,28-30,40H,17-19,34H2,1-7H3,(H,36,41)(H,37,42)/t28-,29-,30-/m0/s1.